The van der Waals surface area contributed by atoms with Crippen molar-refractivity contribution in [3.8, 4) is 6.07 Å². The fraction of sp³-hybridized carbons (Fsp3) is 0.417. The maximum Gasteiger partial charge on any atom is 0.0991 e. The number of halogens is 1. The summed E-state index contributed by atoms with van der Waals surface area (Å²) in [6, 6.07) is 9.58. The van der Waals surface area contributed by atoms with Crippen molar-refractivity contribution in [2.45, 2.75) is 26.8 Å². The molecular formula is C12H17ClN2. The second-order valence-corrected chi connectivity index (χ2v) is 4.58. The van der Waals surface area contributed by atoms with Crippen LogP contribution >= 0.6 is 12.4 Å². The Labute approximate surface area is 97.5 Å². The fourth-order valence-corrected chi connectivity index (χ4v) is 1.30. The van der Waals surface area contributed by atoms with E-state index in [-0.39, 0.29) is 23.9 Å². The van der Waals surface area contributed by atoms with Crippen LogP contribution < -0.4 is 5.73 Å². The van der Waals surface area contributed by atoms with Gasteiger partial charge in [-0.3, -0.25) is 0 Å². The van der Waals surface area contributed by atoms with Crippen LogP contribution in [0.15, 0.2) is 24.3 Å². The van der Waals surface area contributed by atoms with Gasteiger partial charge >= 0.3 is 0 Å². The van der Waals surface area contributed by atoms with Gasteiger partial charge in [-0.05, 0) is 23.1 Å². The first-order chi connectivity index (χ1) is 6.45. The third kappa shape index (κ3) is 3.54. The summed E-state index contributed by atoms with van der Waals surface area (Å²) in [7, 11) is 0. The van der Waals surface area contributed by atoms with E-state index in [9.17, 15) is 0 Å². The molecule has 0 heterocycles. The molecule has 0 aliphatic heterocycles. The van der Waals surface area contributed by atoms with Crippen LogP contribution in [0.5, 0.6) is 0 Å². The zero-order valence-electron chi connectivity index (χ0n) is 9.32. The second kappa shape index (κ2) is 5.16. The van der Waals surface area contributed by atoms with Crippen LogP contribution in [0, 0.1) is 16.7 Å². The lowest BCUT2D eigenvalue weighted by Gasteiger charge is -2.27. The number of nitrogens with zero attached hydrogens (tertiary/aromatic N) is 1. The molecule has 0 radical (unpaired) electrons. The van der Waals surface area contributed by atoms with Crippen LogP contribution in [0.3, 0.4) is 0 Å². The molecule has 0 fully saturated rings. The number of nitrogens with two attached hydrogens (primary N) is 1. The van der Waals surface area contributed by atoms with Gasteiger partial charge < -0.3 is 5.73 Å². The summed E-state index contributed by atoms with van der Waals surface area (Å²) in [6.07, 6.45) is 0. The van der Waals surface area contributed by atoms with Gasteiger partial charge in [-0.2, -0.15) is 5.26 Å². The molecule has 0 spiro atoms. The molecule has 15 heavy (non-hydrogen) atoms. The van der Waals surface area contributed by atoms with Crippen LogP contribution in [0.25, 0.3) is 0 Å². The van der Waals surface area contributed by atoms with Crippen LogP contribution in [0.4, 0.5) is 0 Å². The second-order valence-electron chi connectivity index (χ2n) is 4.58. The van der Waals surface area contributed by atoms with Gasteiger partial charge in [0.25, 0.3) is 0 Å². The third-order valence-corrected chi connectivity index (χ3v) is 2.31. The molecule has 3 heteroatoms. The predicted octanol–water partition coefficient (Wildman–Crippen LogP) is 3.03. The number of hydrogen-bond donors (Lipinski definition) is 1. The third-order valence-electron chi connectivity index (χ3n) is 2.31. The standard InChI is InChI=1S/C12H16N2.ClH/c1-12(2,3)11(14)10-6-4-5-9(7-10)8-13;/h4-7,11H,14H2,1-3H3;1H/t11-;/m0./s1. The first kappa shape index (κ1) is 14.0. The maximum atomic E-state index is 8.76. The molecular weight excluding hydrogens is 208 g/mol. The zero-order chi connectivity index (χ0) is 10.8. The van der Waals surface area contributed by atoms with E-state index in [0.717, 1.165) is 5.56 Å². The van der Waals surface area contributed by atoms with Crippen molar-refractivity contribution in [3.63, 3.8) is 0 Å². The molecule has 0 aromatic heterocycles. The molecule has 0 saturated heterocycles. The van der Waals surface area contributed by atoms with Gasteiger partial charge in [0.1, 0.15) is 0 Å². The molecule has 1 atom stereocenters. The van der Waals surface area contributed by atoms with Crippen LogP contribution in [0.1, 0.15) is 37.9 Å². The Morgan fingerprint density at radius 3 is 2.40 bits per heavy atom. The van der Waals surface area contributed by atoms with Gasteiger partial charge in [0.15, 0.2) is 0 Å². The summed E-state index contributed by atoms with van der Waals surface area (Å²) < 4.78 is 0. The summed E-state index contributed by atoms with van der Waals surface area (Å²) in [6.45, 7) is 6.28. The number of benzene rings is 1. The highest BCUT2D eigenvalue weighted by atomic mass is 35.5. The molecule has 2 N–H and O–H groups in total. The van der Waals surface area contributed by atoms with E-state index in [1.807, 2.05) is 18.2 Å². The summed E-state index contributed by atoms with van der Waals surface area (Å²) in [5.41, 5.74) is 7.80. The number of nitriles is 1. The zero-order valence-corrected chi connectivity index (χ0v) is 10.1. The summed E-state index contributed by atoms with van der Waals surface area (Å²) in [5, 5.41) is 8.76. The predicted molar refractivity (Wildman–Crippen MR) is 64.8 cm³/mol. The highest BCUT2D eigenvalue weighted by Gasteiger charge is 2.22. The van der Waals surface area contributed by atoms with Gasteiger partial charge in [0, 0.05) is 6.04 Å². The van der Waals surface area contributed by atoms with Crippen LogP contribution in [0.2, 0.25) is 0 Å². The lowest BCUT2D eigenvalue weighted by atomic mass is 9.83. The lowest BCUT2D eigenvalue weighted by Crippen LogP contribution is -2.26. The SMILES string of the molecule is CC(C)(C)[C@@H](N)c1cccc(C#N)c1.Cl. The Balaban J connectivity index is 0.00000196. The Morgan fingerprint density at radius 2 is 1.93 bits per heavy atom. The Hall–Kier alpha value is -1.04. The normalized spacial score (nSPS) is 12.5. The minimum atomic E-state index is -0.0317. The molecule has 1 aromatic carbocycles. The minimum Gasteiger partial charge on any atom is -0.324 e. The molecule has 1 rings (SSSR count). The van der Waals surface area contributed by atoms with Gasteiger partial charge in [0.2, 0.25) is 0 Å². The molecule has 82 valence electrons. The van der Waals surface area contributed by atoms with E-state index in [1.54, 1.807) is 6.07 Å². The van der Waals surface area contributed by atoms with Crippen molar-refractivity contribution in [3.05, 3.63) is 35.4 Å². The molecule has 0 amide bonds. The molecule has 1 aromatic rings. The quantitative estimate of drug-likeness (QED) is 0.797. The van der Waals surface area contributed by atoms with Gasteiger partial charge in [-0.15, -0.1) is 12.4 Å². The molecule has 0 bridgehead atoms. The summed E-state index contributed by atoms with van der Waals surface area (Å²) in [4.78, 5) is 0. The smallest absolute Gasteiger partial charge is 0.0991 e. The van der Waals surface area contributed by atoms with E-state index in [0.29, 0.717) is 5.56 Å². The van der Waals surface area contributed by atoms with E-state index in [4.69, 9.17) is 11.0 Å². The molecule has 0 aliphatic rings. The molecule has 2 nitrogen and oxygen atoms in total. The molecule has 0 unspecified atom stereocenters. The van der Waals surface area contributed by atoms with E-state index < -0.39 is 0 Å². The monoisotopic (exact) mass is 224 g/mol. The Kier molecular flexibility index (Phi) is 4.80. The number of hydrogen-bond acceptors (Lipinski definition) is 2. The van der Waals surface area contributed by atoms with Crippen molar-refractivity contribution in [1.29, 1.82) is 5.26 Å². The van der Waals surface area contributed by atoms with Crippen molar-refractivity contribution in [2.24, 2.45) is 11.1 Å². The Morgan fingerprint density at radius 1 is 1.33 bits per heavy atom. The van der Waals surface area contributed by atoms with Crippen LogP contribution in [-0.2, 0) is 0 Å². The first-order valence-electron chi connectivity index (χ1n) is 4.71. The summed E-state index contributed by atoms with van der Waals surface area (Å²) >= 11 is 0. The average Bonchev–Trinajstić information content (AvgIpc) is 2.15. The maximum absolute atomic E-state index is 8.76. The van der Waals surface area contributed by atoms with Crippen LogP contribution in [-0.4, -0.2) is 0 Å². The van der Waals surface area contributed by atoms with Crippen molar-refractivity contribution in [2.75, 3.05) is 0 Å². The largest absolute Gasteiger partial charge is 0.324 e. The average molecular weight is 225 g/mol. The fourth-order valence-electron chi connectivity index (χ4n) is 1.30. The highest BCUT2D eigenvalue weighted by Crippen LogP contribution is 2.30. The Bertz CT molecular complexity index is 361. The topological polar surface area (TPSA) is 49.8 Å². The molecule has 0 aliphatic carbocycles. The van der Waals surface area contributed by atoms with Crippen molar-refractivity contribution < 1.29 is 0 Å². The minimum absolute atomic E-state index is 0. The van der Waals surface area contributed by atoms with Gasteiger partial charge in [0.05, 0.1) is 11.6 Å². The highest BCUT2D eigenvalue weighted by molar-refractivity contribution is 5.85. The lowest BCUT2D eigenvalue weighted by molar-refractivity contribution is 0.327. The van der Waals surface area contributed by atoms with Gasteiger partial charge in [-0.1, -0.05) is 32.9 Å². The summed E-state index contributed by atoms with van der Waals surface area (Å²) in [5.74, 6) is 0. The number of rotatable bonds is 1. The van der Waals surface area contributed by atoms with Gasteiger partial charge in [-0.25, -0.2) is 0 Å². The molecule has 0 saturated carbocycles. The van der Waals surface area contributed by atoms with E-state index >= 15 is 0 Å². The van der Waals surface area contributed by atoms with Crippen molar-refractivity contribution in [1.82, 2.24) is 0 Å². The first-order valence-corrected chi connectivity index (χ1v) is 4.71. The van der Waals surface area contributed by atoms with E-state index in [1.165, 1.54) is 0 Å². The van der Waals surface area contributed by atoms with Crippen molar-refractivity contribution >= 4 is 12.4 Å². The van der Waals surface area contributed by atoms with E-state index in [2.05, 4.69) is 26.8 Å².